The van der Waals surface area contributed by atoms with Crippen LogP contribution >= 0.6 is 0 Å². The predicted molar refractivity (Wildman–Crippen MR) is 76.4 cm³/mol. The summed E-state index contributed by atoms with van der Waals surface area (Å²) in [7, 11) is 4.32. The van der Waals surface area contributed by atoms with Gasteiger partial charge in [-0.1, -0.05) is 40.5 Å². The predicted octanol–water partition coefficient (Wildman–Crippen LogP) is 3.13. The zero-order valence-corrected chi connectivity index (χ0v) is 12.8. The van der Waals surface area contributed by atoms with E-state index in [9.17, 15) is 0 Å². The lowest BCUT2D eigenvalue weighted by atomic mass is 9.73. The van der Waals surface area contributed by atoms with Gasteiger partial charge in [-0.15, -0.1) is 0 Å². The summed E-state index contributed by atoms with van der Waals surface area (Å²) in [4.78, 5) is 2.29. The monoisotopic (exact) mass is 240 g/mol. The molecule has 102 valence electrons. The molecule has 0 bridgehead atoms. The maximum atomic E-state index is 3.83. The molecule has 0 saturated heterocycles. The molecule has 0 radical (unpaired) electrons. The molecule has 1 aliphatic carbocycles. The van der Waals surface area contributed by atoms with Gasteiger partial charge in [0.1, 0.15) is 0 Å². The van der Waals surface area contributed by atoms with Gasteiger partial charge in [-0.25, -0.2) is 0 Å². The molecule has 2 heteroatoms. The average Bonchev–Trinajstić information content (AvgIpc) is 2.13. The van der Waals surface area contributed by atoms with E-state index in [4.69, 9.17) is 0 Å². The first-order valence-corrected chi connectivity index (χ1v) is 7.11. The molecular formula is C15H32N2. The smallest absolute Gasteiger partial charge is 0.0118 e. The molecule has 0 amide bonds. The fraction of sp³-hybridized carbons (Fsp3) is 1.00. The van der Waals surface area contributed by atoms with Crippen LogP contribution in [0.25, 0.3) is 0 Å². The molecule has 1 saturated carbocycles. The second-order valence-corrected chi connectivity index (χ2v) is 7.57. The highest BCUT2D eigenvalue weighted by Crippen LogP contribution is 2.35. The van der Waals surface area contributed by atoms with Crippen LogP contribution in [-0.2, 0) is 0 Å². The first kappa shape index (κ1) is 15.0. The molecule has 0 aliphatic heterocycles. The Kier molecular flexibility index (Phi) is 5.03. The Morgan fingerprint density at radius 2 is 1.88 bits per heavy atom. The lowest BCUT2D eigenvalue weighted by molar-refractivity contribution is 0.143. The van der Waals surface area contributed by atoms with Crippen molar-refractivity contribution in [2.75, 3.05) is 27.2 Å². The van der Waals surface area contributed by atoms with Crippen LogP contribution in [0, 0.1) is 10.8 Å². The van der Waals surface area contributed by atoms with Crippen LogP contribution in [0.3, 0.4) is 0 Å². The van der Waals surface area contributed by atoms with Crippen LogP contribution in [0.15, 0.2) is 0 Å². The number of nitrogens with zero attached hydrogens (tertiary/aromatic N) is 1. The number of hydrogen-bond acceptors (Lipinski definition) is 2. The Balaban J connectivity index is 2.43. The van der Waals surface area contributed by atoms with Gasteiger partial charge in [-0.3, -0.25) is 0 Å². The number of hydrogen-bond donors (Lipinski definition) is 1. The topological polar surface area (TPSA) is 15.3 Å². The molecule has 1 aliphatic rings. The molecule has 0 spiro atoms. The largest absolute Gasteiger partial charge is 0.313 e. The van der Waals surface area contributed by atoms with E-state index in [1.54, 1.807) is 0 Å². The zero-order chi connectivity index (χ0) is 13.1. The summed E-state index contributed by atoms with van der Waals surface area (Å²) in [5, 5.41) is 3.83. The fourth-order valence-corrected chi connectivity index (χ4v) is 3.18. The molecule has 2 nitrogen and oxygen atoms in total. The quantitative estimate of drug-likeness (QED) is 0.794. The summed E-state index contributed by atoms with van der Waals surface area (Å²) in [5.41, 5.74) is 0.837. The lowest BCUT2D eigenvalue weighted by Gasteiger charge is -2.41. The van der Waals surface area contributed by atoms with E-state index in [2.05, 4.69) is 52.0 Å². The van der Waals surface area contributed by atoms with Crippen molar-refractivity contribution in [1.82, 2.24) is 10.2 Å². The lowest BCUT2D eigenvalue weighted by Crippen LogP contribution is -2.48. The summed E-state index contributed by atoms with van der Waals surface area (Å²) < 4.78 is 0. The van der Waals surface area contributed by atoms with E-state index in [1.807, 2.05) is 0 Å². The second-order valence-electron chi connectivity index (χ2n) is 7.57. The van der Waals surface area contributed by atoms with Crippen molar-refractivity contribution in [3.63, 3.8) is 0 Å². The van der Waals surface area contributed by atoms with Crippen LogP contribution in [0.2, 0.25) is 0 Å². The standard InChI is InChI=1S/C15H32N2/c1-14(2,12-17(5)6)11-16-13-9-7-8-10-15(13,3)4/h13,16H,7-12H2,1-6H3. The normalized spacial score (nSPS) is 25.2. The molecular weight excluding hydrogens is 208 g/mol. The highest BCUT2D eigenvalue weighted by atomic mass is 15.1. The number of rotatable bonds is 5. The second kappa shape index (κ2) is 5.71. The van der Waals surface area contributed by atoms with Crippen molar-refractivity contribution in [1.29, 1.82) is 0 Å². The Labute approximate surface area is 108 Å². The SMILES string of the molecule is CN(C)CC(C)(C)CNC1CCCCC1(C)C. The molecule has 1 unspecified atom stereocenters. The van der Waals surface area contributed by atoms with Gasteiger partial charge >= 0.3 is 0 Å². The Bertz CT molecular complexity index is 231. The van der Waals surface area contributed by atoms with E-state index < -0.39 is 0 Å². The van der Waals surface area contributed by atoms with Crippen molar-refractivity contribution in [3.05, 3.63) is 0 Å². The van der Waals surface area contributed by atoms with Gasteiger partial charge in [-0.2, -0.15) is 0 Å². The van der Waals surface area contributed by atoms with Gasteiger partial charge < -0.3 is 10.2 Å². The van der Waals surface area contributed by atoms with Gasteiger partial charge in [-0.05, 0) is 37.8 Å². The summed E-state index contributed by atoms with van der Waals surface area (Å²) in [6, 6.07) is 0.706. The molecule has 1 N–H and O–H groups in total. The van der Waals surface area contributed by atoms with Crippen LogP contribution in [-0.4, -0.2) is 38.1 Å². The first-order valence-electron chi connectivity index (χ1n) is 7.11. The van der Waals surface area contributed by atoms with E-state index in [0.29, 0.717) is 16.9 Å². The van der Waals surface area contributed by atoms with Crippen LogP contribution < -0.4 is 5.32 Å². The zero-order valence-electron chi connectivity index (χ0n) is 12.8. The maximum absolute atomic E-state index is 3.83. The third-order valence-electron chi connectivity index (χ3n) is 4.08. The molecule has 0 heterocycles. The summed E-state index contributed by atoms with van der Waals surface area (Å²) in [5.74, 6) is 0. The van der Waals surface area contributed by atoms with Gasteiger partial charge in [0, 0.05) is 19.1 Å². The van der Waals surface area contributed by atoms with Crippen LogP contribution in [0.5, 0.6) is 0 Å². The third kappa shape index (κ3) is 4.97. The van der Waals surface area contributed by atoms with Crippen molar-refractivity contribution in [2.45, 2.75) is 59.4 Å². The van der Waals surface area contributed by atoms with Crippen molar-refractivity contribution in [2.24, 2.45) is 10.8 Å². The van der Waals surface area contributed by atoms with E-state index in [1.165, 1.54) is 25.7 Å². The van der Waals surface area contributed by atoms with E-state index in [0.717, 1.165) is 13.1 Å². The fourth-order valence-electron chi connectivity index (χ4n) is 3.18. The Morgan fingerprint density at radius 3 is 2.41 bits per heavy atom. The molecule has 17 heavy (non-hydrogen) atoms. The molecule has 1 rings (SSSR count). The molecule has 0 aromatic carbocycles. The van der Waals surface area contributed by atoms with E-state index in [-0.39, 0.29) is 0 Å². The Morgan fingerprint density at radius 1 is 1.24 bits per heavy atom. The number of nitrogens with one attached hydrogen (secondary N) is 1. The third-order valence-corrected chi connectivity index (χ3v) is 4.08. The Hall–Kier alpha value is -0.0800. The van der Waals surface area contributed by atoms with Crippen molar-refractivity contribution >= 4 is 0 Å². The van der Waals surface area contributed by atoms with E-state index >= 15 is 0 Å². The van der Waals surface area contributed by atoms with Crippen LogP contribution in [0.1, 0.15) is 53.4 Å². The van der Waals surface area contributed by atoms with Gasteiger partial charge in [0.2, 0.25) is 0 Å². The molecule has 0 aromatic heterocycles. The molecule has 1 fully saturated rings. The average molecular weight is 240 g/mol. The molecule has 0 aromatic rings. The minimum absolute atomic E-state index is 0.358. The maximum Gasteiger partial charge on any atom is 0.0118 e. The summed E-state index contributed by atoms with van der Waals surface area (Å²) >= 11 is 0. The van der Waals surface area contributed by atoms with Crippen LogP contribution in [0.4, 0.5) is 0 Å². The minimum atomic E-state index is 0.358. The van der Waals surface area contributed by atoms with Gasteiger partial charge in [0.15, 0.2) is 0 Å². The van der Waals surface area contributed by atoms with Gasteiger partial charge in [0.05, 0.1) is 0 Å². The first-order chi connectivity index (χ1) is 7.73. The highest BCUT2D eigenvalue weighted by Gasteiger charge is 2.33. The highest BCUT2D eigenvalue weighted by molar-refractivity contribution is 4.89. The molecule has 1 atom stereocenters. The summed E-state index contributed by atoms with van der Waals surface area (Å²) in [6.07, 6.45) is 5.53. The van der Waals surface area contributed by atoms with Crippen molar-refractivity contribution in [3.8, 4) is 0 Å². The van der Waals surface area contributed by atoms with Gasteiger partial charge in [0.25, 0.3) is 0 Å². The summed E-state index contributed by atoms with van der Waals surface area (Å²) in [6.45, 7) is 11.8. The minimum Gasteiger partial charge on any atom is -0.313 e. The van der Waals surface area contributed by atoms with Crippen molar-refractivity contribution < 1.29 is 0 Å².